The largest absolute Gasteiger partial charge is 0.475 e. The van der Waals surface area contributed by atoms with Crippen LogP contribution in [-0.4, -0.2) is 35.7 Å². The quantitative estimate of drug-likeness (QED) is 0.426. The molecule has 2 amide bonds. The van der Waals surface area contributed by atoms with Crippen molar-refractivity contribution in [2.75, 3.05) is 6.61 Å². The van der Waals surface area contributed by atoms with Crippen molar-refractivity contribution in [3.63, 3.8) is 0 Å². The second kappa shape index (κ2) is 9.66. The number of carboxylic acids is 1. The highest BCUT2D eigenvalue weighted by molar-refractivity contribution is 5.86. The highest BCUT2D eigenvalue weighted by Crippen LogP contribution is 2.44. The normalized spacial score (nSPS) is 15.1. The van der Waals surface area contributed by atoms with Crippen molar-refractivity contribution in [3.05, 3.63) is 83.3 Å². The number of furan rings is 1. The predicted octanol–water partition coefficient (Wildman–Crippen LogP) is 4.30. The molecule has 35 heavy (non-hydrogen) atoms. The van der Waals surface area contributed by atoms with Gasteiger partial charge in [0.15, 0.2) is 0 Å². The fraction of sp³-hybridized carbons (Fsp3) is 0.296. The van der Waals surface area contributed by atoms with Crippen molar-refractivity contribution in [2.45, 2.75) is 37.8 Å². The fourth-order valence-corrected chi connectivity index (χ4v) is 4.59. The highest BCUT2D eigenvalue weighted by atomic mass is 16.5. The standard InChI is InChI=1S/C27H26N2O6/c30-25(28-14-17-11-12-24(35-17)26(31)32)23(13-16-9-10-16)29-27(33)34-15-22-20-7-3-1-5-18(20)19-6-2-4-8-21(19)22/h1-8,11-12,16,22-23H,9-10,13-15H2,(H,28,30)(H,29,33)(H,31,32). The van der Waals surface area contributed by atoms with Gasteiger partial charge in [0.2, 0.25) is 11.7 Å². The Hall–Kier alpha value is -4.07. The van der Waals surface area contributed by atoms with Crippen LogP contribution < -0.4 is 10.6 Å². The van der Waals surface area contributed by atoms with Crippen molar-refractivity contribution in [1.82, 2.24) is 10.6 Å². The van der Waals surface area contributed by atoms with Gasteiger partial charge in [0.25, 0.3) is 0 Å². The van der Waals surface area contributed by atoms with Gasteiger partial charge in [-0.15, -0.1) is 0 Å². The number of carbonyl (C=O) groups is 3. The molecule has 2 aromatic carbocycles. The molecule has 1 atom stereocenters. The first-order valence-corrected chi connectivity index (χ1v) is 11.7. The summed E-state index contributed by atoms with van der Waals surface area (Å²) < 4.78 is 10.8. The fourth-order valence-electron chi connectivity index (χ4n) is 4.59. The lowest BCUT2D eigenvalue weighted by Gasteiger charge is -2.19. The number of benzene rings is 2. The van der Waals surface area contributed by atoms with Crippen LogP contribution in [0.2, 0.25) is 0 Å². The van der Waals surface area contributed by atoms with Crippen molar-refractivity contribution in [2.24, 2.45) is 5.92 Å². The predicted molar refractivity (Wildman–Crippen MR) is 127 cm³/mol. The molecule has 0 radical (unpaired) electrons. The molecule has 180 valence electrons. The van der Waals surface area contributed by atoms with Crippen LogP contribution in [0.25, 0.3) is 11.1 Å². The van der Waals surface area contributed by atoms with Gasteiger partial charge in [0.1, 0.15) is 18.4 Å². The van der Waals surface area contributed by atoms with Crippen molar-refractivity contribution >= 4 is 18.0 Å². The lowest BCUT2D eigenvalue weighted by atomic mass is 9.98. The molecule has 8 heteroatoms. The molecule has 0 bridgehead atoms. The summed E-state index contributed by atoms with van der Waals surface area (Å²) in [6, 6.07) is 18.3. The Morgan fingerprint density at radius 3 is 2.23 bits per heavy atom. The average Bonchev–Trinajstić information content (AvgIpc) is 3.44. The lowest BCUT2D eigenvalue weighted by molar-refractivity contribution is -0.123. The van der Waals surface area contributed by atoms with Crippen molar-refractivity contribution < 1.29 is 28.6 Å². The number of ether oxygens (including phenoxy) is 1. The Morgan fingerprint density at radius 1 is 0.971 bits per heavy atom. The zero-order valence-electron chi connectivity index (χ0n) is 19.0. The summed E-state index contributed by atoms with van der Waals surface area (Å²) in [5, 5.41) is 14.4. The van der Waals surface area contributed by atoms with E-state index >= 15 is 0 Å². The van der Waals surface area contributed by atoms with Gasteiger partial charge in [0.05, 0.1) is 6.54 Å². The van der Waals surface area contributed by atoms with Gasteiger partial charge >= 0.3 is 12.1 Å². The van der Waals surface area contributed by atoms with Crippen LogP contribution in [-0.2, 0) is 16.1 Å². The molecule has 3 aromatic rings. The second-order valence-corrected chi connectivity index (χ2v) is 8.99. The molecule has 1 fully saturated rings. The monoisotopic (exact) mass is 474 g/mol. The molecule has 1 unspecified atom stereocenters. The Balaban J connectivity index is 1.20. The Kier molecular flexibility index (Phi) is 6.27. The third kappa shape index (κ3) is 5.06. The number of hydrogen-bond acceptors (Lipinski definition) is 5. The zero-order chi connectivity index (χ0) is 24.4. The molecule has 1 saturated carbocycles. The summed E-state index contributed by atoms with van der Waals surface area (Å²) in [5.41, 5.74) is 4.53. The van der Waals surface area contributed by atoms with E-state index in [1.165, 1.54) is 12.1 Å². The van der Waals surface area contributed by atoms with Crippen LogP contribution in [0.5, 0.6) is 0 Å². The van der Waals surface area contributed by atoms with E-state index in [4.69, 9.17) is 14.3 Å². The smallest absolute Gasteiger partial charge is 0.407 e. The Labute approximate surface area is 202 Å². The Morgan fingerprint density at radius 2 is 1.63 bits per heavy atom. The summed E-state index contributed by atoms with van der Waals surface area (Å²) in [5.74, 6) is -1.08. The number of fused-ring (bicyclic) bond motifs is 3. The molecule has 5 rings (SSSR count). The van der Waals surface area contributed by atoms with Gasteiger partial charge < -0.3 is 24.9 Å². The van der Waals surface area contributed by atoms with Gasteiger partial charge in [-0.25, -0.2) is 9.59 Å². The van der Waals surface area contributed by atoms with Crippen LogP contribution >= 0.6 is 0 Å². The SMILES string of the molecule is O=C(NC(CC1CC1)C(=O)NCc1ccc(C(=O)O)o1)OCC1c2ccccc2-c2ccccc21. The Bertz CT molecular complexity index is 1220. The van der Waals surface area contributed by atoms with E-state index in [0.29, 0.717) is 18.1 Å². The number of alkyl carbamates (subject to hydrolysis) is 1. The maximum atomic E-state index is 12.8. The first-order chi connectivity index (χ1) is 17.0. The number of amides is 2. The van der Waals surface area contributed by atoms with Crippen LogP contribution in [0.3, 0.4) is 0 Å². The molecule has 0 aliphatic heterocycles. The van der Waals surface area contributed by atoms with E-state index in [0.717, 1.165) is 35.1 Å². The van der Waals surface area contributed by atoms with Crippen LogP contribution in [0, 0.1) is 5.92 Å². The van der Waals surface area contributed by atoms with Crippen LogP contribution in [0.15, 0.2) is 65.1 Å². The third-order valence-electron chi connectivity index (χ3n) is 6.53. The summed E-state index contributed by atoms with van der Waals surface area (Å²) in [7, 11) is 0. The summed E-state index contributed by atoms with van der Waals surface area (Å²) in [6.45, 7) is 0.196. The van der Waals surface area contributed by atoms with E-state index < -0.39 is 18.1 Å². The molecule has 8 nitrogen and oxygen atoms in total. The summed E-state index contributed by atoms with van der Waals surface area (Å²) >= 11 is 0. The molecule has 0 saturated heterocycles. The zero-order valence-corrected chi connectivity index (χ0v) is 19.0. The van der Waals surface area contributed by atoms with E-state index in [1.54, 1.807) is 0 Å². The summed E-state index contributed by atoms with van der Waals surface area (Å²) in [4.78, 5) is 36.5. The van der Waals surface area contributed by atoms with Crippen molar-refractivity contribution in [3.8, 4) is 11.1 Å². The van der Waals surface area contributed by atoms with E-state index in [1.807, 2.05) is 24.3 Å². The molecule has 3 N–H and O–H groups in total. The van der Waals surface area contributed by atoms with Crippen LogP contribution in [0.1, 0.15) is 52.6 Å². The third-order valence-corrected chi connectivity index (χ3v) is 6.53. The maximum Gasteiger partial charge on any atom is 0.407 e. The van der Waals surface area contributed by atoms with Gasteiger partial charge in [-0.05, 0) is 46.7 Å². The number of carboxylic acid groups (broad SMARTS) is 1. The number of carbonyl (C=O) groups excluding carboxylic acids is 2. The van der Waals surface area contributed by atoms with Gasteiger partial charge in [-0.1, -0.05) is 61.4 Å². The minimum absolute atomic E-state index is 0.0274. The topological polar surface area (TPSA) is 118 Å². The first kappa shape index (κ1) is 22.7. The second-order valence-electron chi connectivity index (χ2n) is 8.99. The summed E-state index contributed by atoms with van der Waals surface area (Å²) in [6.07, 6.45) is 1.93. The van der Waals surface area contributed by atoms with E-state index in [2.05, 4.69) is 34.9 Å². The minimum atomic E-state index is -1.17. The number of hydrogen-bond donors (Lipinski definition) is 3. The molecule has 2 aliphatic carbocycles. The van der Waals surface area contributed by atoms with Gasteiger partial charge in [-0.2, -0.15) is 0 Å². The minimum Gasteiger partial charge on any atom is -0.475 e. The van der Waals surface area contributed by atoms with E-state index in [9.17, 15) is 14.4 Å². The average molecular weight is 475 g/mol. The molecule has 0 spiro atoms. The lowest BCUT2D eigenvalue weighted by Crippen LogP contribution is -2.47. The maximum absolute atomic E-state index is 12.8. The van der Waals surface area contributed by atoms with Crippen LogP contribution in [0.4, 0.5) is 4.79 Å². The number of aromatic carboxylic acids is 1. The van der Waals surface area contributed by atoms with E-state index in [-0.39, 0.29) is 30.7 Å². The highest BCUT2D eigenvalue weighted by Gasteiger charge is 2.32. The number of nitrogens with one attached hydrogen (secondary N) is 2. The molecular formula is C27H26N2O6. The molecule has 2 aliphatic rings. The first-order valence-electron chi connectivity index (χ1n) is 11.7. The number of rotatable bonds is 9. The van der Waals surface area contributed by atoms with Gasteiger partial charge in [0, 0.05) is 5.92 Å². The molecule has 1 heterocycles. The molecule has 1 aromatic heterocycles. The molecular weight excluding hydrogens is 448 g/mol. The van der Waals surface area contributed by atoms with Gasteiger partial charge in [-0.3, -0.25) is 4.79 Å². The van der Waals surface area contributed by atoms with Crippen molar-refractivity contribution in [1.29, 1.82) is 0 Å².